The molecule has 1 aromatic carbocycles. The fourth-order valence-electron chi connectivity index (χ4n) is 3.21. The maximum Gasteiger partial charge on any atom is 0.254 e. The van der Waals surface area contributed by atoms with Crippen LogP contribution in [0.2, 0.25) is 0 Å². The van der Waals surface area contributed by atoms with Crippen molar-refractivity contribution in [3.8, 4) is 5.75 Å². The number of benzene rings is 1. The molecule has 0 saturated carbocycles. The Balaban J connectivity index is 1.75. The normalized spacial score (nSPS) is 20.9. The highest BCUT2D eigenvalue weighted by molar-refractivity contribution is 7.88. The summed E-state index contributed by atoms with van der Waals surface area (Å²) in [5.41, 5.74) is 1.72. The fourth-order valence-corrected chi connectivity index (χ4v) is 3.71. The minimum atomic E-state index is -3.25. The number of fused-ring (bicyclic) bond motifs is 1. The number of nitrogens with one attached hydrogen (secondary N) is 1. The second-order valence-corrected chi connectivity index (χ2v) is 8.02. The molecule has 2 heterocycles. The summed E-state index contributed by atoms with van der Waals surface area (Å²) < 4.78 is 30.6. The number of hydrogen-bond donors (Lipinski definition) is 1. The van der Waals surface area contributed by atoms with Crippen LogP contribution < -0.4 is 9.46 Å². The molecule has 1 atom stereocenters. The minimum Gasteiger partial charge on any atom is -0.493 e. The zero-order valence-electron chi connectivity index (χ0n) is 13.2. The van der Waals surface area contributed by atoms with Gasteiger partial charge in [0.25, 0.3) is 5.91 Å². The third kappa shape index (κ3) is 3.84. The van der Waals surface area contributed by atoms with Crippen LogP contribution in [0.25, 0.3) is 0 Å². The van der Waals surface area contributed by atoms with Crippen molar-refractivity contribution in [2.24, 2.45) is 0 Å². The number of hydrogen-bond acceptors (Lipinski definition) is 4. The van der Waals surface area contributed by atoms with Gasteiger partial charge >= 0.3 is 0 Å². The van der Waals surface area contributed by atoms with E-state index in [-0.39, 0.29) is 18.5 Å². The predicted molar refractivity (Wildman–Crippen MR) is 87.2 cm³/mol. The van der Waals surface area contributed by atoms with Crippen molar-refractivity contribution in [2.45, 2.75) is 31.7 Å². The van der Waals surface area contributed by atoms with E-state index in [1.807, 2.05) is 12.1 Å². The second-order valence-electron chi connectivity index (χ2n) is 6.19. The molecule has 1 N–H and O–H groups in total. The summed E-state index contributed by atoms with van der Waals surface area (Å²) in [6, 6.07) is 5.46. The second kappa shape index (κ2) is 6.49. The van der Waals surface area contributed by atoms with E-state index in [0.717, 1.165) is 43.3 Å². The van der Waals surface area contributed by atoms with E-state index in [1.165, 1.54) is 0 Å². The number of sulfonamides is 1. The van der Waals surface area contributed by atoms with Crippen molar-refractivity contribution in [3.05, 3.63) is 29.3 Å². The number of nitrogens with zero attached hydrogens (tertiary/aromatic N) is 1. The molecular weight excluding hydrogens is 316 g/mol. The molecule has 2 aliphatic heterocycles. The molecule has 2 aliphatic rings. The van der Waals surface area contributed by atoms with Crippen LogP contribution in [0, 0.1) is 0 Å². The summed E-state index contributed by atoms with van der Waals surface area (Å²) in [6.45, 7) is 1.61. The molecule has 0 radical (unpaired) electrons. The first-order chi connectivity index (χ1) is 10.9. The third-order valence-corrected chi connectivity index (χ3v) is 5.10. The molecule has 23 heavy (non-hydrogen) atoms. The molecular formula is C16H22N2O4S. The van der Waals surface area contributed by atoms with Crippen LogP contribution in [-0.2, 0) is 16.4 Å². The number of rotatable bonds is 4. The Morgan fingerprint density at radius 3 is 3.00 bits per heavy atom. The van der Waals surface area contributed by atoms with Crippen molar-refractivity contribution in [2.75, 3.05) is 26.0 Å². The summed E-state index contributed by atoms with van der Waals surface area (Å²) in [4.78, 5) is 14.6. The van der Waals surface area contributed by atoms with Crippen molar-refractivity contribution in [1.82, 2.24) is 9.62 Å². The van der Waals surface area contributed by atoms with E-state index in [9.17, 15) is 13.2 Å². The third-order valence-electron chi connectivity index (χ3n) is 4.41. The van der Waals surface area contributed by atoms with Crippen molar-refractivity contribution < 1.29 is 17.9 Å². The SMILES string of the molecule is CS(=O)(=O)NC[C@@H]1CCCCN1C(=O)c1ccc2c(c1)CCO2. The molecule has 0 aliphatic carbocycles. The molecule has 1 saturated heterocycles. The van der Waals surface area contributed by atoms with Gasteiger partial charge < -0.3 is 9.64 Å². The Labute approximate surface area is 136 Å². The van der Waals surface area contributed by atoms with E-state index in [1.54, 1.807) is 11.0 Å². The average molecular weight is 338 g/mol. The van der Waals surface area contributed by atoms with Gasteiger partial charge in [-0.05, 0) is 43.0 Å². The lowest BCUT2D eigenvalue weighted by Crippen LogP contribution is -2.49. The van der Waals surface area contributed by atoms with Crippen LogP contribution >= 0.6 is 0 Å². The smallest absolute Gasteiger partial charge is 0.254 e. The number of amides is 1. The molecule has 1 fully saturated rings. The van der Waals surface area contributed by atoms with Gasteiger partial charge in [0.1, 0.15) is 5.75 Å². The Bertz CT molecular complexity index is 702. The first-order valence-electron chi connectivity index (χ1n) is 7.95. The maximum absolute atomic E-state index is 12.8. The van der Waals surface area contributed by atoms with Gasteiger partial charge in [-0.1, -0.05) is 0 Å². The van der Waals surface area contributed by atoms with Crippen molar-refractivity contribution in [3.63, 3.8) is 0 Å². The average Bonchev–Trinajstić information content (AvgIpc) is 2.99. The molecule has 6 nitrogen and oxygen atoms in total. The first kappa shape index (κ1) is 16.3. The predicted octanol–water partition coefficient (Wildman–Crippen LogP) is 1.17. The molecule has 1 amide bonds. The van der Waals surface area contributed by atoms with Gasteiger partial charge in [-0.15, -0.1) is 0 Å². The lowest BCUT2D eigenvalue weighted by molar-refractivity contribution is 0.0618. The quantitative estimate of drug-likeness (QED) is 0.894. The van der Waals surface area contributed by atoms with Crippen molar-refractivity contribution >= 4 is 15.9 Å². The number of carbonyl (C=O) groups is 1. The van der Waals surface area contributed by atoms with Gasteiger partial charge in [0.15, 0.2) is 0 Å². The van der Waals surface area contributed by atoms with E-state index in [4.69, 9.17) is 4.74 Å². The number of piperidine rings is 1. The Morgan fingerprint density at radius 2 is 2.22 bits per heavy atom. The van der Waals surface area contributed by atoms with Crippen LogP contribution in [-0.4, -0.2) is 51.2 Å². The van der Waals surface area contributed by atoms with Crippen LogP contribution in [0.4, 0.5) is 0 Å². The number of likely N-dealkylation sites (tertiary alicyclic amines) is 1. The Morgan fingerprint density at radius 1 is 1.39 bits per heavy atom. The van der Waals surface area contributed by atoms with Gasteiger partial charge in [-0.25, -0.2) is 13.1 Å². The summed E-state index contributed by atoms with van der Waals surface area (Å²) in [5.74, 6) is 0.829. The summed E-state index contributed by atoms with van der Waals surface area (Å²) >= 11 is 0. The zero-order chi connectivity index (χ0) is 16.4. The molecule has 1 aromatic rings. The van der Waals surface area contributed by atoms with Crippen LogP contribution in [0.5, 0.6) is 5.75 Å². The van der Waals surface area contributed by atoms with E-state index in [2.05, 4.69) is 4.72 Å². The Kier molecular flexibility index (Phi) is 4.59. The molecule has 0 spiro atoms. The van der Waals surface area contributed by atoms with E-state index < -0.39 is 10.0 Å². The zero-order valence-corrected chi connectivity index (χ0v) is 14.1. The molecule has 0 unspecified atom stereocenters. The highest BCUT2D eigenvalue weighted by Gasteiger charge is 2.28. The highest BCUT2D eigenvalue weighted by atomic mass is 32.2. The first-order valence-corrected chi connectivity index (χ1v) is 9.84. The van der Waals surface area contributed by atoms with Crippen LogP contribution in [0.1, 0.15) is 35.2 Å². The van der Waals surface area contributed by atoms with Crippen molar-refractivity contribution in [1.29, 1.82) is 0 Å². The van der Waals surface area contributed by atoms with E-state index >= 15 is 0 Å². The number of carbonyl (C=O) groups excluding carboxylic acids is 1. The highest BCUT2D eigenvalue weighted by Crippen LogP contribution is 2.27. The van der Waals surface area contributed by atoms with Gasteiger partial charge in [0, 0.05) is 31.1 Å². The minimum absolute atomic E-state index is 0.0281. The van der Waals surface area contributed by atoms with Crippen LogP contribution in [0.3, 0.4) is 0 Å². The monoisotopic (exact) mass is 338 g/mol. The van der Waals surface area contributed by atoms with Gasteiger partial charge in [0.05, 0.1) is 12.9 Å². The largest absolute Gasteiger partial charge is 0.493 e. The van der Waals surface area contributed by atoms with E-state index in [0.29, 0.717) is 18.7 Å². The van der Waals surface area contributed by atoms with Gasteiger partial charge in [-0.3, -0.25) is 4.79 Å². The molecule has 0 bridgehead atoms. The van der Waals surface area contributed by atoms with Gasteiger partial charge in [-0.2, -0.15) is 0 Å². The lowest BCUT2D eigenvalue weighted by Gasteiger charge is -2.36. The molecule has 3 rings (SSSR count). The Hall–Kier alpha value is -1.60. The lowest BCUT2D eigenvalue weighted by atomic mass is 10.00. The topological polar surface area (TPSA) is 75.7 Å². The summed E-state index contributed by atoms with van der Waals surface area (Å²) in [6.07, 6.45) is 4.76. The maximum atomic E-state index is 12.8. The fraction of sp³-hybridized carbons (Fsp3) is 0.562. The molecule has 0 aromatic heterocycles. The molecule has 126 valence electrons. The van der Waals surface area contributed by atoms with Crippen LogP contribution in [0.15, 0.2) is 18.2 Å². The molecule has 7 heteroatoms. The number of ether oxygens (including phenoxy) is 1. The standard InChI is InChI=1S/C16H22N2O4S/c1-23(20,21)17-11-14-4-2-3-8-18(14)16(19)13-5-6-15-12(10-13)7-9-22-15/h5-6,10,14,17H,2-4,7-9,11H2,1H3/t14-/m0/s1. The summed E-state index contributed by atoms with van der Waals surface area (Å²) in [5, 5.41) is 0. The summed E-state index contributed by atoms with van der Waals surface area (Å²) in [7, 11) is -3.25. The van der Waals surface area contributed by atoms with Gasteiger partial charge in [0.2, 0.25) is 10.0 Å².